The number of rotatable bonds is 5. The van der Waals surface area contributed by atoms with E-state index < -0.39 is 0 Å². The first-order valence-electron chi connectivity index (χ1n) is 5.42. The summed E-state index contributed by atoms with van der Waals surface area (Å²) in [4.78, 5) is 0. The molecule has 0 bridgehead atoms. The number of hydrogen-bond acceptors (Lipinski definition) is 5. The Morgan fingerprint density at radius 3 is 2.94 bits per heavy atom. The van der Waals surface area contributed by atoms with Gasteiger partial charge in [-0.05, 0) is 18.6 Å². The second-order valence-electron chi connectivity index (χ2n) is 3.61. The van der Waals surface area contributed by atoms with Gasteiger partial charge < -0.3 is 10.9 Å². The molecule has 2 aromatic rings. The van der Waals surface area contributed by atoms with E-state index in [4.69, 9.17) is 22.6 Å². The van der Waals surface area contributed by atoms with Crippen LogP contribution in [0.5, 0.6) is 0 Å². The lowest BCUT2D eigenvalue weighted by Crippen LogP contribution is -2.11. The molecule has 0 unspecified atom stereocenters. The third kappa shape index (κ3) is 2.95. The van der Waals surface area contributed by atoms with Crippen LogP contribution in [-0.4, -0.2) is 32.3 Å². The van der Waals surface area contributed by atoms with E-state index in [1.54, 1.807) is 12.1 Å². The number of aromatic nitrogens is 3. The second kappa shape index (κ2) is 6.08. The minimum Gasteiger partial charge on any atom is -0.396 e. The summed E-state index contributed by atoms with van der Waals surface area (Å²) in [5, 5.41) is 18.1. The number of halogens is 1. The fourth-order valence-corrected chi connectivity index (χ4v) is 2.40. The van der Waals surface area contributed by atoms with Gasteiger partial charge in [0.25, 0.3) is 0 Å². The van der Waals surface area contributed by atoms with Crippen LogP contribution in [0, 0.1) is 0 Å². The van der Waals surface area contributed by atoms with Crippen molar-refractivity contribution in [3.63, 3.8) is 0 Å². The maximum absolute atomic E-state index is 8.73. The SMILES string of the molecule is Nn1c(SCCCO)nnc1-c1cccc(Cl)c1. The lowest BCUT2D eigenvalue weighted by Gasteiger charge is -2.03. The third-order valence-electron chi connectivity index (χ3n) is 2.28. The molecule has 18 heavy (non-hydrogen) atoms. The molecule has 0 atom stereocenters. The molecule has 0 aliphatic rings. The van der Waals surface area contributed by atoms with Crippen molar-refractivity contribution in [3.05, 3.63) is 29.3 Å². The van der Waals surface area contributed by atoms with Gasteiger partial charge in [-0.2, -0.15) is 0 Å². The monoisotopic (exact) mass is 284 g/mol. The number of nitrogens with zero attached hydrogens (tertiary/aromatic N) is 3. The Morgan fingerprint density at radius 1 is 1.39 bits per heavy atom. The van der Waals surface area contributed by atoms with Gasteiger partial charge >= 0.3 is 0 Å². The molecule has 0 aliphatic heterocycles. The molecule has 0 amide bonds. The minimum atomic E-state index is 0.160. The van der Waals surface area contributed by atoms with Crippen molar-refractivity contribution in [2.75, 3.05) is 18.2 Å². The minimum absolute atomic E-state index is 0.160. The Bertz CT molecular complexity index is 532. The Balaban J connectivity index is 2.20. The molecule has 3 N–H and O–H groups in total. The average Bonchev–Trinajstić information content (AvgIpc) is 2.72. The third-order valence-corrected chi connectivity index (χ3v) is 3.55. The van der Waals surface area contributed by atoms with Crippen LogP contribution in [0.4, 0.5) is 0 Å². The van der Waals surface area contributed by atoms with Crippen LogP contribution in [0.1, 0.15) is 6.42 Å². The second-order valence-corrected chi connectivity index (χ2v) is 5.11. The van der Waals surface area contributed by atoms with Gasteiger partial charge in [0.05, 0.1) is 0 Å². The van der Waals surface area contributed by atoms with Gasteiger partial charge in [0.15, 0.2) is 5.82 Å². The van der Waals surface area contributed by atoms with Gasteiger partial charge in [-0.25, -0.2) is 4.68 Å². The molecular formula is C11H13ClN4OS. The van der Waals surface area contributed by atoms with E-state index in [-0.39, 0.29) is 6.61 Å². The van der Waals surface area contributed by atoms with Crippen molar-refractivity contribution >= 4 is 23.4 Å². The van der Waals surface area contributed by atoms with Crippen molar-refractivity contribution in [3.8, 4) is 11.4 Å². The van der Waals surface area contributed by atoms with Gasteiger partial charge in [-0.3, -0.25) is 0 Å². The molecule has 1 heterocycles. The van der Waals surface area contributed by atoms with E-state index >= 15 is 0 Å². The molecular weight excluding hydrogens is 272 g/mol. The van der Waals surface area contributed by atoms with Crippen molar-refractivity contribution < 1.29 is 5.11 Å². The number of aliphatic hydroxyl groups is 1. The van der Waals surface area contributed by atoms with Gasteiger partial charge in [0.2, 0.25) is 5.16 Å². The zero-order chi connectivity index (χ0) is 13.0. The fraction of sp³-hybridized carbons (Fsp3) is 0.273. The summed E-state index contributed by atoms with van der Waals surface area (Å²) >= 11 is 7.39. The number of hydrogen-bond donors (Lipinski definition) is 2. The van der Waals surface area contributed by atoms with Crippen molar-refractivity contribution in [1.29, 1.82) is 0 Å². The fourth-order valence-electron chi connectivity index (χ4n) is 1.43. The molecule has 5 nitrogen and oxygen atoms in total. The summed E-state index contributed by atoms with van der Waals surface area (Å²) in [7, 11) is 0. The zero-order valence-electron chi connectivity index (χ0n) is 9.58. The lowest BCUT2D eigenvalue weighted by atomic mass is 10.2. The first-order chi connectivity index (χ1) is 8.72. The quantitative estimate of drug-likeness (QED) is 0.497. The standard InChI is InChI=1S/C11H13ClN4OS/c12-9-4-1-3-8(7-9)10-14-15-11(16(10)13)18-6-2-5-17/h1,3-4,7,17H,2,5-6,13H2. The summed E-state index contributed by atoms with van der Waals surface area (Å²) in [6.07, 6.45) is 0.698. The van der Waals surface area contributed by atoms with Crippen molar-refractivity contribution in [2.24, 2.45) is 0 Å². The van der Waals surface area contributed by atoms with Crippen LogP contribution in [0.2, 0.25) is 5.02 Å². The lowest BCUT2D eigenvalue weighted by molar-refractivity contribution is 0.296. The number of aliphatic hydroxyl groups excluding tert-OH is 1. The average molecular weight is 285 g/mol. The molecule has 2 rings (SSSR count). The van der Waals surface area contributed by atoms with Gasteiger partial charge in [0.1, 0.15) is 0 Å². The van der Waals surface area contributed by atoms with E-state index in [0.29, 0.717) is 22.4 Å². The first kappa shape index (κ1) is 13.2. The number of nitrogen functional groups attached to an aromatic ring is 1. The highest BCUT2D eigenvalue weighted by atomic mass is 35.5. The predicted octanol–water partition coefficient (Wildman–Crippen LogP) is 1.79. The molecule has 0 saturated heterocycles. The number of nitrogens with two attached hydrogens (primary N) is 1. The van der Waals surface area contributed by atoms with E-state index in [2.05, 4.69) is 10.2 Å². The smallest absolute Gasteiger partial charge is 0.210 e. The highest BCUT2D eigenvalue weighted by Gasteiger charge is 2.11. The Hall–Kier alpha value is -1.24. The van der Waals surface area contributed by atoms with Crippen LogP contribution in [-0.2, 0) is 0 Å². The molecule has 0 saturated carbocycles. The topological polar surface area (TPSA) is 77.0 Å². The Labute approximate surface area is 114 Å². The molecule has 7 heteroatoms. The van der Waals surface area contributed by atoms with Crippen LogP contribution < -0.4 is 5.84 Å². The zero-order valence-corrected chi connectivity index (χ0v) is 11.2. The van der Waals surface area contributed by atoms with Crippen LogP contribution in [0.15, 0.2) is 29.4 Å². The molecule has 1 aromatic carbocycles. The van der Waals surface area contributed by atoms with Crippen LogP contribution >= 0.6 is 23.4 Å². The molecule has 0 radical (unpaired) electrons. The summed E-state index contributed by atoms with van der Waals surface area (Å²) in [5.41, 5.74) is 0.825. The number of thioether (sulfide) groups is 1. The Kier molecular flexibility index (Phi) is 4.46. The summed E-state index contributed by atoms with van der Waals surface area (Å²) in [6, 6.07) is 7.29. The summed E-state index contributed by atoms with van der Waals surface area (Å²) < 4.78 is 1.44. The van der Waals surface area contributed by atoms with E-state index in [0.717, 1.165) is 11.3 Å². The summed E-state index contributed by atoms with van der Waals surface area (Å²) in [6.45, 7) is 0.160. The van der Waals surface area contributed by atoms with Crippen molar-refractivity contribution in [2.45, 2.75) is 11.6 Å². The van der Waals surface area contributed by atoms with Gasteiger partial charge in [-0.15, -0.1) is 10.2 Å². The summed E-state index contributed by atoms with van der Waals surface area (Å²) in [5.74, 6) is 7.26. The molecule has 96 valence electrons. The van der Waals surface area contributed by atoms with Crippen molar-refractivity contribution in [1.82, 2.24) is 14.9 Å². The molecule has 0 fully saturated rings. The largest absolute Gasteiger partial charge is 0.396 e. The van der Waals surface area contributed by atoms with E-state index in [9.17, 15) is 0 Å². The van der Waals surface area contributed by atoms with E-state index in [1.807, 2.05) is 12.1 Å². The molecule has 0 aliphatic carbocycles. The highest BCUT2D eigenvalue weighted by molar-refractivity contribution is 7.99. The van der Waals surface area contributed by atoms with Crippen LogP contribution in [0.25, 0.3) is 11.4 Å². The highest BCUT2D eigenvalue weighted by Crippen LogP contribution is 2.23. The maximum atomic E-state index is 8.73. The molecule has 1 aromatic heterocycles. The van der Waals surface area contributed by atoms with Crippen LogP contribution in [0.3, 0.4) is 0 Å². The van der Waals surface area contributed by atoms with Gasteiger partial charge in [0, 0.05) is 22.9 Å². The predicted molar refractivity (Wildman–Crippen MR) is 73.0 cm³/mol. The van der Waals surface area contributed by atoms with Gasteiger partial charge in [-0.1, -0.05) is 35.5 Å². The Morgan fingerprint density at radius 2 is 2.22 bits per heavy atom. The first-order valence-corrected chi connectivity index (χ1v) is 6.79. The number of benzene rings is 1. The maximum Gasteiger partial charge on any atom is 0.210 e. The molecule has 0 spiro atoms. The van der Waals surface area contributed by atoms with E-state index in [1.165, 1.54) is 16.4 Å². The normalized spacial score (nSPS) is 10.8.